The third kappa shape index (κ3) is 5.38. The van der Waals surface area contributed by atoms with Gasteiger partial charge < -0.3 is 4.74 Å². The Hall–Kier alpha value is -4.80. The van der Waals surface area contributed by atoms with Crippen LogP contribution in [0.15, 0.2) is 115 Å². The van der Waals surface area contributed by atoms with Crippen molar-refractivity contribution in [1.82, 2.24) is 9.97 Å². The average Bonchev–Trinajstić information content (AvgIpc) is 3.33. The molecule has 0 bridgehead atoms. The van der Waals surface area contributed by atoms with Crippen LogP contribution >= 0.6 is 11.3 Å². The van der Waals surface area contributed by atoms with Crippen LogP contribution in [0.5, 0.6) is 11.8 Å². The highest BCUT2D eigenvalue weighted by atomic mass is 32.1. The van der Waals surface area contributed by atoms with Crippen LogP contribution < -0.4 is 4.74 Å². The van der Waals surface area contributed by atoms with Crippen molar-refractivity contribution in [3.05, 3.63) is 131 Å². The van der Waals surface area contributed by atoms with Gasteiger partial charge in [-0.1, -0.05) is 106 Å². The number of thiophene rings is 1. The maximum atomic E-state index is 6.60. The second kappa shape index (κ2) is 11.0. The van der Waals surface area contributed by atoms with Crippen molar-refractivity contribution in [3.63, 3.8) is 0 Å². The number of pyridine rings is 2. The Labute approximate surface area is 262 Å². The van der Waals surface area contributed by atoms with Crippen LogP contribution in [0, 0.1) is 13.8 Å². The first-order chi connectivity index (χ1) is 21.2. The molecule has 0 saturated heterocycles. The number of fused-ring (bicyclic) bond motifs is 2. The molecule has 0 amide bonds. The Balaban J connectivity index is 1.35. The summed E-state index contributed by atoms with van der Waals surface area (Å²) in [5, 5.41) is 3.58. The minimum absolute atomic E-state index is 0.0957. The highest BCUT2D eigenvalue weighted by molar-refractivity contribution is 7.19. The first kappa shape index (κ1) is 28.0. The summed E-state index contributed by atoms with van der Waals surface area (Å²) in [7, 11) is 0. The van der Waals surface area contributed by atoms with Gasteiger partial charge in [-0.2, -0.15) is 0 Å². The maximum absolute atomic E-state index is 6.60. The lowest BCUT2D eigenvalue weighted by Gasteiger charge is -2.21. The first-order valence-electron chi connectivity index (χ1n) is 15.0. The molecular weight excluding hydrogens is 557 g/mol. The van der Waals surface area contributed by atoms with Gasteiger partial charge in [0.15, 0.2) is 0 Å². The van der Waals surface area contributed by atoms with Crippen molar-refractivity contribution >= 4 is 32.2 Å². The van der Waals surface area contributed by atoms with Crippen LogP contribution in [0.2, 0.25) is 0 Å². The molecule has 0 fully saturated rings. The zero-order chi connectivity index (χ0) is 30.4. The molecule has 0 N–H and O–H groups in total. The van der Waals surface area contributed by atoms with Gasteiger partial charge in [-0.15, -0.1) is 11.3 Å². The minimum atomic E-state index is -0.0957. The van der Waals surface area contributed by atoms with E-state index in [9.17, 15) is 0 Å². The van der Waals surface area contributed by atoms with Crippen LogP contribution in [0.1, 0.15) is 36.8 Å². The lowest BCUT2D eigenvalue weighted by atomic mass is 9.86. The largest absolute Gasteiger partial charge is 0.421 e. The first-order valence-corrected chi connectivity index (χ1v) is 15.8. The Bertz CT molecular complexity index is 2160. The van der Waals surface area contributed by atoms with E-state index in [1.54, 1.807) is 11.3 Å². The van der Waals surface area contributed by atoms with Gasteiger partial charge in [0.2, 0.25) is 11.8 Å². The summed E-state index contributed by atoms with van der Waals surface area (Å²) < 4.78 is 7.77. The highest BCUT2D eigenvalue weighted by Gasteiger charge is 2.20. The molecular formula is C40H34N2OS. The van der Waals surface area contributed by atoms with E-state index in [0.717, 1.165) is 33.6 Å². The molecule has 7 aromatic rings. The lowest BCUT2D eigenvalue weighted by molar-refractivity contribution is 0.443. The van der Waals surface area contributed by atoms with Crippen LogP contribution in [0.4, 0.5) is 0 Å². The lowest BCUT2D eigenvalue weighted by Crippen LogP contribution is -2.12. The monoisotopic (exact) mass is 590 g/mol. The number of aryl methyl sites for hydroxylation is 2. The van der Waals surface area contributed by atoms with Crippen molar-refractivity contribution in [1.29, 1.82) is 0 Å². The zero-order valence-electron chi connectivity index (χ0n) is 25.7. The molecule has 0 radical (unpaired) electrons. The molecule has 0 atom stereocenters. The number of hydrogen-bond donors (Lipinski definition) is 0. The fourth-order valence-corrected chi connectivity index (χ4v) is 6.78. The van der Waals surface area contributed by atoms with E-state index < -0.39 is 0 Å². The smallest absolute Gasteiger partial charge is 0.222 e. The van der Waals surface area contributed by atoms with Gasteiger partial charge in [0.25, 0.3) is 0 Å². The van der Waals surface area contributed by atoms with E-state index >= 15 is 0 Å². The number of hydrogen-bond acceptors (Lipinski definition) is 4. The summed E-state index contributed by atoms with van der Waals surface area (Å²) >= 11 is 1.79. The Morgan fingerprint density at radius 3 is 2.09 bits per heavy atom. The Kier molecular flexibility index (Phi) is 7.02. The van der Waals surface area contributed by atoms with Crippen LogP contribution in [0.25, 0.3) is 54.5 Å². The van der Waals surface area contributed by atoms with Gasteiger partial charge in [-0.3, -0.25) is 0 Å². The van der Waals surface area contributed by atoms with E-state index in [1.807, 2.05) is 6.07 Å². The van der Waals surface area contributed by atoms with Gasteiger partial charge in [-0.25, -0.2) is 9.97 Å². The van der Waals surface area contributed by atoms with Gasteiger partial charge in [-0.05, 0) is 70.5 Å². The topological polar surface area (TPSA) is 35.0 Å². The van der Waals surface area contributed by atoms with E-state index in [0.29, 0.717) is 11.8 Å². The van der Waals surface area contributed by atoms with E-state index in [-0.39, 0.29) is 5.41 Å². The van der Waals surface area contributed by atoms with Crippen molar-refractivity contribution in [2.75, 3.05) is 0 Å². The predicted octanol–water partition coefficient (Wildman–Crippen LogP) is 11.6. The van der Waals surface area contributed by atoms with Crippen molar-refractivity contribution in [2.24, 2.45) is 0 Å². The number of benzene rings is 4. The molecule has 7 rings (SSSR count). The number of nitrogens with zero attached hydrogens (tertiary/aromatic N) is 2. The number of rotatable bonds is 5. The molecule has 0 aliphatic heterocycles. The van der Waals surface area contributed by atoms with Crippen LogP contribution in [0.3, 0.4) is 0 Å². The second-order valence-corrected chi connectivity index (χ2v) is 13.6. The van der Waals surface area contributed by atoms with Gasteiger partial charge in [0.1, 0.15) is 0 Å². The molecule has 4 heteroatoms. The van der Waals surface area contributed by atoms with Gasteiger partial charge in [0.05, 0.1) is 16.1 Å². The molecule has 0 aliphatic carbocycles. The fourth-order valence-electron chi connectivity index (χ4n) is 5.63. The van der Waals surface area contributed by atoms with Gasteiger partial charge >= 0.3 is 0 Å². The second-order valence-electron chi connectivity index (χ2n) is 12.4. The third-order valence-electron chi connectivity index (χ3n) is 8.30. The normalized spacial score (nSPS) is 11.8. The average molecular weight is 591 g/mol. The SMILES string of the molecule is Cc1sc2c(-c3ccc4ccccc4c3)nc(Oc3cc(C(C)(C)C)cc(-c4cccc(-c5ccccc5)c4)n3)cc2c1C. The molecule has 216 valence electrons. The molecule has 3 nitrogen and oxygen atoms in total. The highest BCUT2D eigenvalue weighted by Crippen LogP contribution is 2.40. The van der Waals surface area contributed by atoms with Crippen LogP contribution in [-0.4, -0.2) is 9.97 Å². The van der Waals surface area contributed by atoms with Crippen molar-refractivity contribution in [2.45, 2.75) is 40.0 Å². The molecule has 44 heavy (non-hydrogen) atoms. The summed E-state index contributed by atoms with van der Waals surface area (Å²) in [5.41, 5.74) is 8.59. The predicted molar refractivity (Wildman–Crippen MR) is 186 cm³/mol. The molecule has 0 aliphatic rings. The van der Waals surface area contributed by atoms with E-state index in [1.165, 1.54) is 36.9 Å². The molecule has 0 unspecified atom stereocenters. The summed E-state index contributed by atoms with van der Waals surface area (Å²) in [6.07, 6.45) is 0. The number of ether oxygens (including phenoxy) is 1. The van der Waals surface area contributed by atoms with E-state index in [2.05, 4.69) is 144 Å². The minimum Gasteiger partial charge on any atom is -0.421 e. The summed E-state index contributed by atoms with van der Waals surface area (Å²) in [4.78, 5) is 11.4. The molecule has 3 heterocycles. The molecule has 4 aromatic carbocycles. The molecule has 0 spiro atoms. The molecule has 3 aromatic heterocycles. The summed E-state index contributed by atoms with van der Waals surface area (Å²) in [6.45, 7) is 11.0. The Morgan fingerprint density at radius 2 is 1.30 bits per heavy atom. The Morgan fingerprint density at radius 1 is 0.591 bits per heavy atom. The van der Waals surface area contributed by atoms with Crippen molar-refractivity contribution in [3.8, 4) is 45.4 Å². The standard InChI is InChI=1S/C40H34N2OS/c1-25-26(2)44-39-34(25)24-37(42-38(39)32-19-18-28-14-9-10-15-29(28)21-32)43-36-23-33(40(3,4)5)22-35(41-36)31-17-11-16-30(20-31)27-12-7-6-8-13-27/h6-24H,1-5H3. The molecule has 0 saturated carbocycles. The summed E-state index contributed by atoms with van der Waals surface area (Å²) in [6, 6.07) is 40.3. The maximum Gasteiger partial charge on any atom is 0.222 e. The van der Waals surface area contributed by atoms with Crippen LogP contribution in [-0.2, 0) is 5.41 Å². The number of aromatic nitrogens is 2. The quantitative estimate of drug-likeness (QED) is 0.200. The van der Waals surface area contributed by atoms with Crippen molar-refractivity contribution < 1.29 is 4.74 Å². The zero-order valence-corrected chi connectivity index (χ0v) is 26.5. The summed E-state index contributed by atoms with van der Waals surface area (Å²) in [5.74, 6) is 1.09. The third-order valence-corrected chi connectivity index (χ3v) is 9.53. The van der Waals surface area contributed by atoms with Gasteiger partial charge in [0, 0.05) is 33.5 Å². The fraction of sp³-hybridized carbons (Fsp3) is 0.150. The van der Waals surface area contributed by atoms with E-state index in [4.69, 9.17) is 14.7 Å².